The van der Waals surface area contributed by atoms with Crippen LogP contribution in [-0.4, -0.2) is 70.2 Å². The molecule has 3 aromatic rings. The van der Waals surface area contributed by atoms with E-state index in [1.807, 2.05) is 6.07 Å². The Bertz CT molecular complexity index is 1360. The van der Waals surface area contributed by atoms with Gasteiger partial charge in [0.1, 0.15) is 5.60 Å². The van der Waals surface area contributed by atoms with Crippen LogP contribution in [0.25, 0.3) is 10.9 Å². The minimum absolute atomic E-state index is 0.0863. The molecule has 4 rings (SSSR count). The Morgan fingerprint density at radius 2 is 2.00 bits per heavy atom. The first-order valence-corrected chi connectivity index (χ1v) is 13.9. The number of thiophene rings is 1. The maximum absolute atomic E-state index is 13.0. The third-order valence-electron chi connectivity index (χ3n) is 5.52. The Balaban J connectivity index is 1.47. The van der Waals surface area contributed by atoms with Gasteiger partial charge in [-0.15, -0.1) is 11.3 Å². The molecule has 0 bridgehead atoms. The number of fused-ring (bicyclic) bond motifs is 1. The number of hydrogen-bond acceptors (Lipinski definition) is 7. The van der Waals surface area contributed by atoms with Crippen LogP contribution >= 0.6 is 22.9 Å². The summed E-state index contributed by atoms with van der Waals surface area (Å²) in [6.45, 7) is 5.68. The zero-order valence-corrected chi connectivity index (χ0v) is 22.1. The summed E-state index contributed by atoms with van der Waals surface area (Å²) in [5.74, 6) is -0.407. The van der Waals surface area contributed by atoms with Crippen molar-refractivity contribution >= 4 is 55.9 Å². The van der Waals surface area contributed by atoms with Crippen molar-refractivity contribution < 1.29 is 22.7 Å². The quantitative estimate of drug-likeness (QED) is 0.473. The van der Waals surface area contributed by atoms with Crippen molar-refractivity contribution in [2.45, 2.75) is 39.3 Å². The van der Waals surface area contributed by atoms with Crippen LogP contribution < -0.4 is 0 Å². The largest absolute Gasteiger partial charge is 0.443 e. The molecule has 1 fully saturated rings. The first kappa shape index (κ1) is 25.6. The smallest absolute Gasteiger partial charge is 0.419 e. The lowest BCUT2D eigenvalue weighted by molar-refractivity contribution is -0.134. The third kappa shape index (κ3) is 6.03. The molecule has 4 heterocycles. The fourth-order valence-corrected chi connectivity index (χ4v) is 6.50. The Labute approximate surface area is 213 Å². The summed E-state index contributed by atoms with van der Waals surface area (Å²) in [5, 5.41) is 0.746. The van der Waals surface area contributed by atoms with E-state index in [-0.39, 0.29) is 37.8 Å². The summed E-state index contributed by atoms with van der Waals surface area (Å²) in [7, 11) is -3.60. The van der Waals surface area contributed by atoms with E-state index in [1.165, 1.54) is 20.2 Å². The SMILES string of the molecule is CC(C)(C)OC(=O)n1c(CN2CCN(S(=O)(=O)CCc3ccc(Cl)s3)CC2=O)cc2cnccc21. The lowest BCUT2D eigenvalue weighted by atomic mass is 10.2. The third-order valence-corrected chi connectivity index (χ3v) is 8.63. The topological polar surface area (TPSA) is 102 Å². The van der Waals surface area contributed by atoms with Crippen LogP contribution in [0.2, 0.25) is 4.34 Å². The van der Waals surface area contributed by atoms with Crippen LogP contribution in [-0.2, 0) is 32.5 Å². The van der Waals surface area contributed by atoms with Crippen LogP contribution in [0.15, 0.2) is 36.7 Å². The maximum atomic E-state index is 13.0. The number of nitrogens with zero attached hydrogens (tertiary/aromatic N) is 4. The van der Waals surface area contributed by atoms with Crippen LogP contribution in [0.1, 0.15) is 31.3 Å². The van der Waals surface area contributed by atoms with Gasteiger partial charge in [0.2, 0.25) is 15.9 Å². The molecule has 0 N–H and O–H groups in total. The zero-order chi connectivity index (χ0) is 25.4. The molecular formula is C23H27ClN4O5S2. The van der Waals surface area contributed by atoms with Gasteiger partial charge in [-0.2, -0.15) is 4.31 Å². The minimum Gasteiger partial charge on any atom is -0.443 e. The molecule has 3 aromatic heterocycles. The fraction of sp³-hybridized carbons (Fsp3) is 0.435. The zero-order valence-electron chi connectivity index (χ0n) is 19.7. The Morgan fingerprint density at radius 3 is 2.66 bits per heavy atom. The molecule has 0 aromatic carbocycles. The van der Waals surface area contributed by atoms with Gasteiger partial charge in [-0.05, 0) is 51.5 Å². The van der Waals surface area contributed by atoms with Gasteiger partial charge in [0.05, 0.1) is 28.7 Å². The molecular weight excluding hydrogens is 512 g/mol. The van der Waals surface area contributed by atoms with Crippen molar-refractivity contribution in [1.82, 2.24) is 18.8 Å². The first-order chi connectivity index (χ1) is 16.4. The highest BCUT2D eigenvalue weighted by Crippen LogP contribution is 2.25. The molecule has 0 spiro atoms. The van der Waals surface area contributed by atoms with Gasteiger partial charge in [0.25, 0.3) is 0 Å². The lowest BCUT2D eigenvalue weighted by Crippen LogP contribution is -2.52. The molecule has 1 aliphatic heterocycles. The predicted octanol–water partition coefficient (Wildman–Crippen LogP) is 3.75. The number of halogens is 1. The maximum Gasteiger partial charge on any atom is 0.419 e. The van der Waals surface area contributed by atoms with Gasteiger partial charge >= 0.3 is 6.09 Å². The van der Waals surface area contributed by atoms with Crippen molar-refractivity contribution in [2.24, 2.45) is 0 Å². The second-order valence-electron chi connectivity index (χ2n) is 9.31. The number of aryl methyl sites for hydroxylation is 1. The number of rotatable bonds is 6. The minimum atomic E-state index is -3.60. The van der Waals surface area contributed by atoms with E-state index in [9.17, 15) is 18.0 Å². The molecule has 1 amide bonds. The summed E-state index contributed by atoms with van der Waals surface area (Å²) in [6, 6.07) is 7.07. The number of amides is 1. The Morgan fingerprint density at radius 1 is 1.23 bits per heavy atom. The van der Waals surface area contributed by atoms with E-state index >= 15 is 0 Å². The number of aromatic nitrogens is 2. The monoisotopic (exact) mass is 538 g/mol. The van der Waals surface area contributed by atoms with Crippen LogP contribution in [0.5, 0.6) is 0 Å². The molecule has 1 aliphatic rings. The summed E-state index contributed by atoms with van der Waals surface area (Å²) in [6.07, 6.45) is 3.03. The van der Waals surface area contributed by atoms with E-state index < -0.39 is 21.7 Å². The van der Waals surface area contributed by atoms with Crippen molar-refractivity contribution in [1.29, 1.82) is 0 Å². The molecule has 0 radical (unpaired) electrons. The van der Waals surface area contributed by atoms with Gasteiger partial charge in [-0.25, -0.2) is 17.8 Å². The van der Waals surface area contributed by atoms with Gasteiger partial charge in [-0.3, -0.25) is 9.78 Å². The van der Waals surface area contributed by atoms with Crippen molar-refractivity contribution in [3.05, 3.63) is 51.6 Å². The van der Waals surface area contributed by atoms with Crippen molar-refractivity contribution in [3.63, 3.8) is 0 Å². The number of hydrogen-bond donors (Lipinski definition) is 0. The Kier molecular flexibility index (Phi) is 7.23. The molecule has 9 nitrogen and oxygen atoms in total. The number of carbonyl (C=O) groups excluding carboxylic acids is 2. The van der Waals surface area contributed by atoms with Crippen LogP contribution in [0, 0.1) is 0 Å². The van der Waals surface area contributed by atoms with Crippen LogP contribution in [0.3, 0.4) is 0 Å². The summed E-state index contributed by atoms with van der Waals surface area (Å²) >= 11 is 7.27. The molecule has 188 valence electrons. The fourth-order valence-electron chi connectivity index (χ4n) is 3.88. The molecule has 35 heavy (non-hydrogen) atoms. The average molecular weight is 539 g/mol. The highest BCUT2D eigenvalue weighted by atomic mass is 35.5. The number of carbonyl (C=O) groups is 2. The van der Waals surface area contributed by atoms with E-state index in [1.54, 1.807) is 56.3 Å². The van der Waals surface area contributed by atoms with Gasteiger partial charge in [-0.1, -0.05) is 11.6 Å². The molecule has 0 atom stereocenters. The Hall–Kier alpha value is -2.47. The predicted molar refractivity (Wildman–Crippen MR) is 135 cm³/mol. The van der Waals surface area contributed by atoms with E-state index in [0.29, 0.717) is 22.0 Å². The van der Waals surface area contributed by atoms with Gasteiger partial charge in [0, 0.05) is 41.4 Å². The molecule has 0 aliphatic carbocycles. The molecule has 1 saturated heterocycles. The number of pyridine rings is 1. The highest BCUT2D eigenvalue weighted by molar-refractivity contribution is 7.89. The second kappa shape index (κ2) is 9.88. The van der Waals surface area contributed by atoms with E-state index in [0.717, 1.165) is 10.3 Å². The first-order valence-electron chi connectivity index (χ1n) is 11.1. The summed E-state index contributed by atoms with van der Waals surface area (Å²) < 4.78 is 34.5. The van der Waals surface area contributed by atoms with Crippen molar-refractivity contribution in [3.8, 4) is 0 Å². The molecule has 12 heteroatoms. The number of sulfonamides is 1. The van der Waals surface area contributed by atoms with Gasteiger partial charge in [0.15, 0.2) is 0 Å². The number of piperazine rings is 1. The van der Waals surface area contributed by atoms with Gasteiger partial charge < -0.3 is 9.64 Å². The normalized spacial score (nSPS) is 15.7. The average Bonchev–Trinajstić information content (AvgIpc) is 3.35. The number of ether oxygens (including phenoxy) is 1. The van der Waals surface area contributed by atoms with Crippen molar-refractivity contribution in [2.75, 3.05) is 25.4 Å². The molecule has 0 saturated carbocycles. The lowest BCUT2D eigenvalue weighted by Gasteiger charge is -2.33. The molecule has 0 unspecified atom stereocenters. The highest BCUT2D eigenvalue weighted by Gasteiger charge is 2.33. The second-order valence-corrected chi connectivity index (χ2v) is 13.2. The van der Waals surface area contributed by atoms with E-state index in [2.05, 4.69) is 4.98 Å². The summed E-state index contributed by atoms with van der Waals surface area (Å²) in [5.41, 5.74) is 0.510. The summed E-state index contributed by atoms with van der Waals surface area (Å²) in [4.78, 5) is 32.5. The van der Waals surface area contributed by atoms with E-state index in [4.69, 9.17) is 16.3 Å². The van der Waals surface area contributed by atoms with Crippen LogP contribution in [0.4, 0.5) is 4.79 Å². The standard InChI is InChI=1S/C23H27ClN4O5S2/c1-23(2,3)33-22(30)28-17(12-16-13-25-8-6-19(16)28)14-26-9-10-27(15-21(26)29)35(31,32)11-7-18-4-5-20(24)34-18/h4-6,8,12-13H,7,9-11,14-15H2,1-3H3.